The van der Waals surface area contributed by atoms with Crippen LogP contribution in [0.1, 0.15) is 49.9 Å². The monoisotopic (exact) mass is 247 g/mol. The second kappa shape index (κ2) is 5.96. The highest BCUT2D eigenvalue weighted by atomic mass is 16.2. The van der Waals surface area contributed by atoms with E-state index in [2.05, 4.69) is 35.5 Å². The first-order chi connectivity index (χ1) is 8.74. The fourth-order valence-electron chi connectivity index (χ4n) is 2.69. The van der Waals surface area contributed by atoms with Gasteiger partial charge in [-0.3, -0.25) is 15.2 Å². The molecular formula is C14H21N3O. The Kier molecular flexibility index (Phi) is 4.31. The van der Waals surface area contributed by atoms with Crippen molar-refractivity contribution in [3.05, 3.63) is 29.6 Å². The topological polar surface area (TPSA) is 68.0 Å². The molecular weight excluding hydrogens is 226 g/mol. The van der Waals surface area contributed by atoms with Crippen LogP contribution in [0.25, 0.3) is 0 Å². The maximum absolute atomic E-state index is 11.5. The maximum Gasteiger partial charge on any atom is 0.236 e. The number of hydrazine groups is 1. The van der Waals surface area contributed by atoms with Crippen molar-refractivity contribution in [2.24, 2.45) is 11.8 Å². The van der Waals surface area contributed by atoms with E-state index in [0.717, 1.165) is 37.8 Å². The van der Waals surface area contributed by atoms with Gasteiger partial charge in [-0.15, -0.1) is 0 Å². The summed E-state index contributed by atoms with van der Waals surface area (Å²) in [5.74, 6) is 5.73. The molecule has 1 fully saturated rings. The highest BCUT2D eigenvalue weighted by Gasteiger charge is 2.27. The van der Waals surface area contributed by atoms with E-state index in [1.54, 1.807) is 0 Å². The number of nitrogens with zero attached hydrogens (tertiary/aromatic N) is 1. The predicted octanol–water partition coefficient (Wildman–Crippen LogP) is 1.91. The van der Waals surface area contributed by atoms with Crippen LogP contribution >= 0.6 is 0 Å². The normalized spacial score (nSPS) is 23.7. The van der Waals surface area contributed by atoms with E-state index >= 15 is 0 Å². The lowest BCUT2D eigenvalue weighted by Gasteiger charge is -2.27. The number of nitrogens with one attached hydrogen (secondary N) is 1. The molecule has 1 aromatic heterocycles. The minimum atomic E-state index is -0.0243. The van der Waals surface area contributed by atoms with E-state index in [-0.39, 0.29) is 11.8 Å². The molecule has 1 amide bonds. The zero-order valence-corrected chi connectivity index (χ0v) is 10.9. The van der Waals surface area contributed by atoms with Crippen LogP contribution in [0.4, 0.5) is 0 Å². The standard InChI is InChI=1S/C14H21N3O/c1-2-12-4-3-5-13(16-12)10-6-8-11(9-7-10)14(18)17-15/h3-5,10-11H,2,6-9,15H2,1H3,(H,17,18). The molecule has 0 unspecified atom stereocenters. The van der Waals surface area contributed by atoms with Crippen LogP contribution in [0.5, 0.6) is 0 Å². The van der Waals surface area contributed by atoms with Crippen LogP contribution in [-0.4, -0.2) is 10.9 Å². The van der Waals surface area contributed by atoms with Gasteiger partial charge < -0.3 is 0 Å². The lowest BCUT2D eigenvalue weighted by atomic mass is 9.80. The zero-order chi connectivity index (χ0) is 13.0. The van der Waals surface area contributed by atoms with Gasteiger partial charge in [0.1, 0.15) is 0 Å². The van der Waals surface area contributed by atoms with E-state index in [1.165, 1.54) is 5.69 Å². The molecule has 0 aliphatic heterocycles. The minimum Gasteiger partial charge on any atom is -0.294 e. The number of carbonyl (C=O) groups is 1. The maximum atomic E-state index is 11.5. The summed E-state index contributed by atoms with van der Waals surface area (Å²) in [4.78, 5) is 16.1. The number of hydrogen-bond donors (Lipinski definition) is 2. The highest BCUT2D eigenvalue weighted by Crippen LogP contribution is 2.34. The molecule has 4 nitrogen and oxygen atoms in total. The third kappa shape index (κ3) is 2.88. The first-order valence-corrected chi connectivity index (χ1v) is 6.71. The van der Waals surface area contributed by atoms with E-state index in [9.17, 15) is 4.79 Å². The average Bonchev–Trinajstić information content (AvgIpc) is 2.46. The molecule has 18 heavy (non-hydrogen) atoms. The molecule has 0 saturated heterocycles. The van der Waals surface area contributed by atoms with Crippen molar-refractivity contribution in [1.82, 2.24) is 10.4 Å². The van der Waals surface area contributed by atoms with Crippen LogP contribution in [0.2, 0.25) is 0 Å². The van der Waals surface area contributed by atoms with Crippen LogP contribution in [-0.2, 0) is 11.2 Å². The molecule has 1 aromatic rings. The van der Waals surface area contributed by atoms with Crippen molar-refractivity contribution in [3.63, 3.8) is 0 Å². The summed E-state index contributed by atoms with van der Waals surface area (Å²) in [5, 5.41) is 0. The molecule has 0 spiro atoms. The first kappa shape index (κ1) is 13.0. The molecule has 2 rings (SSSR count). The number of hydrogen-bond acceptors (Lipinski definition) is 3. The van der Waals surface area contributed by atoms with Crippen molar-refractivity contribution >= 4 is 5.91 Å². The molecule has 3 N–H and O–H groups in total. The van der Waals surface area contributed by atoms with Gasteiger partial charge in [0.05, 0.1) is 0 Å². The predicted molar refractivity (Wildman–Crippen MR) is 70.6 cm³/mol. The quantitative estimate of drug-likeness (QED) is 0.487. The summed E-state index contributed by atoms with van der Waals surface area (Å²) in [6.07, 6.45) is 4.84. The molecule has 0 bridgehead atoms. The number of amides is 1. The smallest absolute Gasteiger partial charge is 0.236 e. The summed E-state index contributed by atoms with van der Waals surface area (Å²) < 4.78 is 0. The Balaban J connectivity index is 1.98. The Morgan fingerprint density at radius 3 is 2.72 bits per heavy atom. The number of carbonyl (C=O) groups excluding carboxylic acids is 1. The molecule has 1 heterocycles. The Bertz CT molecular complexity index is 411. The van der Waals surface area contributed by atoms with Gasteiger partial charge in [0, 0.05) is 23.2 Å². The summed E-state index contributed by atoms with van der Waals surface area (Å²) in [6, 6.07) is 6.25. The van der Waals surface area contributed by atoms with Gasteiger partial charge in [-0.25, -0.2) is 5.84 Å². The fraction of sp³-hybridized carbons (Fsp3) is 0.571. The first-order valence-electron chi connectivity index (χ1n) is 6.71. The van der Waals surface area contributed by atoms with Gasteiger partial charge in [-0.2, -0.15) is 0 Å². The van der Waals surface area contributed by atoms with Crippen LogP contribution < -0.4 is 11.3 Å². The van der Waals surface area contributed by atoms with Crippen molar-refractivity contribution in [3.8, 4) is 0 Å². The third-order valence-electron chi connectivity index (χ3n) is 3.85. The van der Waals surface area contributed by atoms with Gasteiger partial charge in [-0.1, -0.05) is 13.0 Å². The van der Waals surface area contributed by atoms with Crippen molar-refractivity contribution < 1.29 is 4.79 Å². The molecule has 0 radical (unpaired) electrons. The number of aryl methyl sites for hydroxylation is 1. The second-order valence-electron chi connectivity index (χ2n) is 4.96. The minimum absolute atomic E-state index is 0.0243. The van der Waals surface area contributed by atoms with Crippen LogP contribution in [0.3, 0.4) is 0 Å². The third-order valence-corrected chi connectivity index (χ3v) is 3.85. The highest BCUT2D eigenvalue weighted by molar-refractivity contribution is 5.78. The molecule has 1 aliphatic rings. The molecule has 1 saturated carbocycles. The fourth-order valence-corrected chi connectivity index (χ4v) is 2.69. The number of aromatic nitrogens is 1. The molecule has 4 heteroatoms. The zero-order valence-electron chi connectivity index (χ0n) is 10.9. The lowest BCUT2D eigenvalue weighted by Crippen LogP contribution is -2.37. The van der Waals surface area contributed by atoms with Gasteiger partial charge >= 0.3 is 0 Å². The Hall–Kier alpha value is -1.42. The van der Waals surface area contributed by atoms with Gasteiger partial charge in [0.15, 0.2) is 0 Å². The van der Waals surface area contributed by atoms with Crippen LogP contribution in [0, 0.1) is 5.92 Å². The molecule has 98 valence electrons. The largest absolute Gasteiger partial charge is 0.294 e. The summed E-state index contributed by atoms with van der Waals surface area (Å²) in [5.41, 5.74) is 4.58. The summed E-state index contributed by atoms with van der Waals surface area (Å²) in [7, 11) is 0. The van der Waals surface area contributed by atoms with Crippen molar-refractivity contribution in [2.75, 3.05) is 0 Å². The summed E-state index contributed by atoms with van der Waals surface area (Å²) in [6.45, 7) is 2.12. The Morgan fingerprint density at radius 2 is 2.11 bits per heavy atom. The van der Waals surface area contributed by atoms with Gasteiger partial charge in [-0.05, 0) is 44.2 Å². The molecule has 0 atom stereocenters. The number of rotatable bonds is 3. The number of nitrogens with two attached hydrogens (primary N) is 1. The summed E-state index contributed by atoms with van der Waals surface area (Å²) >= 11 is 0. The van der Waals surface area contributed by atoms with E-state index < -0.39 is 0 Å². The van der Waals surface area contributed by atoms with Crippen LogP contribution in [0.15, 0.2) is 18.2 Å². The van der Waals surface area contributed by atoms with Crippen molar-refractivity contribution in [2.45, 2.75) is 44.9 Å². The number of pyridine rings is 1. The SMILES string of the molecule is CCc1cccc(C2CCC(C(=O)NN)CC2)n1. The van der Waals surface area contributed by atoms with E-state index in [4.69, 9.17) is 5.84 Å². The van der Waals surface area contributed by atoms with Gasteiger partial charge in [0.25, 0.3) is 0 Å². The van der Waals surface area contributed by atoms with Crippen molar-refractivity contribution in [1.29, 1.82) is 0 Å². The Morgan fingerprint density at radius 1 is 1.39 bits per heavy atom. The molecule has 0 aromatic carbocycles. The van der Waals surface area contributed by atoms with E-state index in [1.807, 2.05) is 0 Å². The van der Waals surface area contributed by atoms with E-state index in [0.29, 0.717) is 5.92 Å². The Labute approximate surface area is 108 Å². The lowest BCUT2D eigenvalue weighted by molar-refractivity contribution is -0.126. The van der Waals surface area contributed by atoms with Gasteiger partial charge in [0.2, 0.25) is 5.91 Å². The molecule has 1 aliphatic carbocycles. The average molecular weight is 247 g/mol. The second-order valence-corrected chi connectivity index (χ2v) is 4.96.